The van der Waals surface area contributed by atoms with E-state index in [1.165, 1.54) is 41.7 Å². The van der Waals surface area contributed by atoms with Crippen LogP contribution in [0, 0.1) is 25.2 Å². The number of fused-ring (bicyclic) bond motifs is 1. The molecule has 0 bridgehead atoms. The molecule has 0 N–H and O–H groups in total. The molecule has 1 fully saturated rings. The zero-order chi connectivity index (χ0) is 23.7. The summed E-state index contributed by atoms with van der Waals surface area (Å²) in [6, 6.07) is 14.9. The summed E-state index contributed by atoms with van der Waals surface area (Å²) in [6.07, 6.45) is 9.41. The molecule has 34 heavy (non-hydrogen) atoms. The molecule has 2 aliphatic carbocycles. The van der Waals surface area contributed by atoms with Gasteiger partial charge in [0, 0.05) is 34.0 Å². The van der Waals surface area contributed by atoms with E-state index in [0.717, 1.165) is 40.2 Å². The van der Waals surface area contributed by atoms with Gasteiger partial charge in [-0.2, -0.15) is 0 Å². The smallest absolute Gasteiger partial charge is 0.169 e. The number of ketones is 1. The molecule has 1 saturated carbocycles. The quantitative estimate of drug-likeness (QED) is 0.334. The lowest BCUT2D eigenvalue weighted by Crippen LogP contribution is -2.32. The first-order valence-electron chi connectivity index (χ1n) is 12.4. The first-order chi connectivity index (χ1) is 16.5. The van der Waals surface area contributed by atoms with Crippen LogP contribution in [-0.4, -0.2) is 10.8 Å². The number of pyridine rings is 1. The average molecular weight is 472 g/mol. The number of nitrogens with zero attached hydrogens (tertiary/aromatic N) is 1. The number of benzene rings is 2. The normalized spacial score (nSPS) is 20.0. The molecule has 1 unspecified atom stereocenters. The van der Waals surface area contributed by atoms with Crippen molar-refractivity contribution in [2.75, 3.05) is 0 Å². The molecule has 0 aliphatic heterocycles. The van der Waals surface area contributed by atoms with Crippen LogP contribution in [0.15, 0.2) is 59.8 Å². The molecule has 5 rings (SSSR count). The Morgan fingerprint density at radius 3 is 2.53 bits per heavy atom. The number of hydrogen-bond acceptors (Lipinski definition) is 4. The minimum Gasteiger partial charge on any atom is -0.489 e. The number of thioether (sulfide) groups is 1. The van der Waals surface area contributed by atoms with Crippen LogP contribution in [0.2, 0.25) is 0 Å². The molecule has 4 heteroatoms. The fourth-order valence-corrected chi connectivity index (χ4v) is 6.61. The van der Waals surface area contributed by atoms with Crippen molar-refractivity contribution in [3.8, 4) is 5.75 Å². The van der Waals surface area contributed by atoms with E-state index in [0.29, 0.717) is 18.3 Å². The van der Waals surface area contributed by atoms with E-state index in [1.807, 2.05) is 36.3 Å². The molecule has 0 spiro atoms. The van der Waals surface area contributed by atoms with Crippen LogP contribution in [0.25, 0.3) is 0 Å². The summed E-state index contributed by atoms with van der Waals surface area (Å²) in [6.45, 7) is 6.91. The fraction of sp³-hybridized carbons (Fsp3) is 0.400. The summed E-state index contributed by atoms with van der Waals surface area (Å²) in [5.74, 6) is 2.71. The standard InChI is InChI=1S/C30H33NO2S/c1-20-21(2)28-24(17-30(3,29(28)32)25-9-4-5-10-25)16-27(20)33-18-22-7-6-8-23(15-22)19-34-26-11-13-31-14-12-26/h6-8,11-16,25H,4-5,9-10,17-19H2,1-3H3. The Labute approximate surface area is 207 Å². The molecular weight excluding hydrogens is 438 g/mol. The lowest BCUT2D eigenvalue weighted by atomic mass is 9.73. The third kappa shape index (κ3) is 4.40. The summed E-state index contributed by atoms with van der Waals surface area (Å²) in [5.41, 5.74) is 6.54. The maximum absolute atomic E-state index is 13.5. The van der Waals surface area contributed by atoms with Crippen molar-refractivity contribution in [2.24, 2.45) is 11.3 Å². The van der Waals surface area contributed by atoms with Gasteiger partial charge in [0.1, 0.15) is 12.4 Å². The topological polar surface area (TPSA) is 39.2 Å². The van der Waals surface area contributed by atoms with Gasteiger partial charge in [-0.15, -0.1) is 11.8 Å². The van der Waals surface area contributed by atoms with E-state index in [-0.39, 0.29) is 5.41 Å². The predicted octanol–water partition coefficient (Wildman–Crippen LogP) is 7.51. The molecule has 0 amide bonds. The van der Waals surface area contributed by atoms with Crippen molar-refractivity contribution in [1.29, 1.82) is 0 Å². The third-order valence-corrected chi connectivity index (χ3v) is 9.02. The van der Waals surface area contributed by atoms with Crippen molar-refractivity contribution in [3.05, 3.63) is 88.2 Å². The molecule has 1 heterocycles. The largest absolute Gasteiger partial charge is 0.489 e. The van der Waals surface area contributed by atoms with E-state index in [2.05, 4.69) is 56.1 Å². The van der Waals surface area contributed by atoms with Gasteiger partial charge in [0.05, 0.1) is 0 Å². The predicted molar refractivity (Wildman–Crippen MR) is 139 cm³/mol. The first kappa shape index (κ1) is 23.2. The highest BCUT2D eigenvalue weighted by atomic mass is 32.2. The van der Waals surface area contributed by atoms with Crippen LogP contribution in [0.3, 0.4) is 0 Å². The maximum Gasteiger partial charge on any atom is 0.169 e. The van der Waals surface area contributed by atoms with Gasteiger partial charge in [-0.1, -0.05) is 44.0 Å². The summed E-state index contributed by atoms with van der Waals surface area (Å²) in [5, 5.41) is 0. The van der Waals surface area contributed by atoms with E-state index in [1.54, 1.807) is 0 Å². The number of carbonyl (C=O) groups excluding carboxylic acids is 1. The van der Waals surface area contributed by atoms with Gasteiger partial charge in [0.15, 0.2) is 5.78 Å². The Kier molecular flexibility index (Phi) is 6.52. The molecule has 176 valence electrons. The molecule has 2 aliphatic rings. The van der Waals surface area contributed by atoms with Crippen molar-refractivity contribution >= 4 is 17.5 Å². The second kappa shape index (κ2) is 9.58. The van der Waals surface area contributed by atoms with Crippen molar-refractivity contribution < 1.29 is 9.53 Å². The molecule has 2 aromatic carbocycles. The fourth-order valence-electron chi connectivity index (χ4n) is 5.78. The number of hydrogen-bond donors (Lipinski definition) is 0. The molecule has 3 nitrogen and oxygen atoms in total. The third-order valence-electron chi connectivity index (χ3n) is 7.93. The van der Waals surface area contributed by atoms with Gasteiger partial charge in [-0.25, -0.2) is 0 Å². The Morgan fingerprint density at radius 2 is 1.76 bits per heavy atom. The molecular formula is C30H33NO2S. The number of rotatable bonds is 7. The van der Waals surface area contributed by atoms with Crippen LogP contribution in [0.4, 0.5) is 0 Å². The highest BCUT2D eigenvalue weighted by Gasteiger charge is 2.48. The number of Topliss-reactive ketones (excluding diaryl/α,β-unsaturated/α-hetero) is 1. The highest BCUT2D eigenvalue weighted by Crippen LogP contribution is 2.50. The van der Waals surface area contributed by atoms with Crippen LogP contribution in [-0.2, 0) is 18.8 Å². The lowest BCUT2D eigenvalue weighted by Gasteiger charge is -2.29. The Balaban J connectivity index is 1.30. The highest BCUT2D eigenvalue weighted by molar-refractivity contribution is 7.98. The van der Waals surface area contributed by atoms with Gasteiger partial charge in [-0.05, 0) is 85.0 Å². The number of carbonyl (C=O) groups is 1. The van der Waals surface area contributed by atoms with Crippen molar-refractivity contribution in [3.63, 3.8) is 0 Å². The van der Waals surface area contributed by atoms with Crippen molar-refractivity contribution in [2.45, 2.75) is 70.1 Å². The molecule has 3 aromatic rings. The lowest BCUT2D eigenvalue weighted by molar-refractivity contribution is 0.0743. The van der Waals surface area contributed by atoms with Gasteiger partial charge in [-0.3, -0.25) is 9.78 Å². The number of aromatic nitrogens is 1. The maximum atomic E-state index is 13.5. The van der Waals surface area contributed by atoms with E-state index in [4.69, 9.17) is 4.74 Å². The summed E-state index contributed by atoms with van der Waals surface area (Å²) >= 11 is 1.81. The zero-order valence-corrected chi connectivity index (χ0v) is 21.2. The van der Waals surface area contributed by atoms with Crippen LogP contribution >= 0.6 is 11.8 Å². The Hall–Kier alpha value is -2.59. The first-order valence-corrected chi connectivity index (χ1v) is 13.4. The Bertz CT molecular complexity index is 1200. The second-order valence-corrected chi connectivity index (χ2v) is 11.2. The average Bonchev–Trinajstić information content (AvgIpc) is 3.48. The summed E-state index contributed by atoms with van der Waals surface area (Å²) in [7, 11) is 0. The van der Waals surface area contributed by atoms with Gasteiger partial charge < -0.3 is 4.74 Å². The van der Waals surface area contributed by atoms with E-state index >= 15 is 0 Å². The van der Waals surface area contributed by atoms with Gasteiger partial charge in [0.25, 0.3) is 0 Å². The van der Waals surface area contributed by atoms with Gasteiger partial charge in [0.2, 0.25) is 0 Å². The minimum absolute atomic E-state index is 0.241. The summed E-state index contributed by atoms with van der Waals surface area (Å²) in [4.78, 5) is 18.8. The molecule has 1 atom stereocenters. The second-order valence-electron chi connectivity index (χ2n) is 10.1. The van der Waals surface area contributed by atoms with E-state index in [9.17, 15) is 4.79 Å². The number of ether oxygens (including phenoxy) is 1. The van der Waals surface area contributed by atoms with Gasteiger partial charge >= 0.3 is 0 Å². The van der Waals surface area contributed by atoms with Crippen LogP contribution in [0.5, 0.6) is 5.75 Å². The molecule has 0 saturated heterocycles. The van der Waals surface area contributed by atoms with Crippen molar-refractivity contribution in [1.82, 2.24) is 4.98 Å². The Morgan fingerprint density at radius 1 is 1.03 bits per heavy atom. The summed E-state index contributed by atoms with van der Waals surface area (Å²) < 4.78 is 6.35. The molecule has 0 radical (unpaired) electrons. The minimum atomic E-state index is -0.241. The van der Waals surface area contributed by atoms with E-state index < -0.39 is 0 Å². The van der Waals surface area contributed by atoms with Crippen LogP contribution in [0.1, 0.15) is 70.8 Å². The molecule has 1 aromatic heterocycles. The SMILES string of the molecule is Cc1c(OCc2cccc(CSc3ccncc3)c2)cc2c(c1C)C(=O)C(C)(C1CCCC1)C2. The zero-order valence-electron chi connectivity index (χ0n) is 20.4. The van der Waals surface area contributed by atoms with Crippen LogP contribution < -0.4 is 4.74 Å². The monoisotopic (exact) mass is 471 g/mol.